The van der Waals surface area contributed by atoms with E-state index in [9.17, 15) is 49.7 Å². The SMILES string of the molecule is CC/C=C\C/C=C\C/C=C\C/C=C\C/C=C\C/C=C\CCC(=O)OC[C@H](COP(=O)(O)OC1[C@H](O)[C@H](O)C(O)[C@H](O)[C@H]1O)OC(=O)CCC/C=C\C/C=C\C/C=C\C=C\CC(O)/C=C\CC. The Morgan fingerprint density at radius 1 is 0.545 bits per heavy atom. The summed E-state index contributed by atoms with van der Waals surface area (Å²) in [5, 5.41) is 59.9. The molecule has 0 radical (unpaired) electrons. The molecule has 66 heavy (non-hydrogen) atoms. The predicted molar refractivity (Wildman–Crippen MR) is 259 cm³/mol. The van der Waals surface area contributed by atoms with Gasteiger partial charge in [-0.05, 0) is 83.5 Å². The van der Waals surface area contributed by atoms with E-state index in [2.05, 4.69) is 61.6 Å². The van der Waals surface area contributed by atoms with Gasteiger partial charge < -0.3 is 45.0 Å². The van der Waals surface area contributed by atoms with Crippen LogP contribution in [-0.4, -0.2) is 110 Å². The molecule has 1 fully saturated rings. The van der Waals surface area contributed by atoms with E-state index in [4.69, 9.17) is 18.5 Å². The number of rotatable bonds is 35. The number of hydrogen-bond acceptors (Lipinski definition) is 13. The van der Waals surface area contributed by atoms with E-state index in [0.29, 0.717) is 38.5 Å². The number of hydrogen-bond donors (Lipinski definition) is 7. The number of aliphatic hydroxyl groups is 6. The maximum atomic E-state index is 12.8. The number of phosphoric acid groups is 1. The van der Waals surface area contributed by atoms with Crippen molar-refractivity contribution >= 4 is 19.8 Å². The highest BCUT2D eigenvalue weighted by atomic mass is 31.2. The molecule has 0 aliphatic heterocycles. The number of esters is 2. The molecule has 4 unspecified atom stereocenters. The van der Waals surface area contributed by atoms with E-state index in [1.807, 2.05) is 79.8 Å². The van der Waals surface area contributed by atoms with Crippen LogP contribution in [0.25, 0.3) is 0 Å². The molecular weight excluding hydrogens is 868 g/mol. The number of phosphoric ester groups is 1. The fourth-order valence-electron chi connectivity index (χ4n) is 5.90. The van der Waals surface area contributed by atoms with Gasteiger partial charge in [-0.2, -0.15) is 0 Å². The Hall–Kier alpha value is -4.05. The Kier molecular flexibility index (Phi) is 35.4. The Morgan fingerprint density at radius 2 is 1.00 bits per heavy atom. The summed E-state index contributed by atoms with van der Waals surface area (Å²) in [4.78, 5) is 35.7. The van der Waals surface area contributed by atoms with Gasteiger partial charge in [0, 0.05) is 12.8 Å². The summed E-state index contributed by atoms with van der Waals surface area (Å²) in [6, 6.07) is 0. The van der Waals surface area contributed by atoms with Crippen molar-refractivity contribution in [1.82, 2.24) is 0 Å². The van der Waals surface area contributed by atoms with Gasteiger partial charge in [-0.1, -0.05) is 148 Å². The quantitative estimate of drug-likeness (QED) is 0.0105. The van der Waals surface area contributed by atoms with Crippen LogP contribution >= 0.6 is 7.82 Å². The smallest absolute Gasteiger partial charge is 0.462 e. The number of carbonyl (C=O) groups is 2. The molecule has 0 aromatic carbocycles. The molecule has 15 heteroatoms. The second-order valence-electron chi connectivity index (χ2n) is 15.3. The molecule has 0 bridgehead atoms. The van der Waals surface area contributed by atoms with Gasteiger partial charge in [0.1, 0.15) is 43.2 Å². The zero-order valence-corrected chi connectivity index (χ0v) is 39.7. The summed E-state index contributed by atoms with van der Waals surface area (Å²) in [5.74, 6) is -1.31. The number of allylic oxidation sites excluding steroid dienone is 20. The summed E-state index contributed by atoms with van der Waals surface area (Å²) in [7, 11) is -5.17. The minimum absolute atomic E-state index is 0.0119. The number of aliphatic hydroxyl groups excluding tert-OH is 6. The molecule has 0 spiro atoms. The summed E-state index contributed by atoms with van der Waals surface area (Å²) in [6.07, 6.45) is 40.0. The zero-order chi connectivity index (χ0) is 48.7. The third kappa shape index (κ3) is 31.0. The van der Waals surface area contributed by atoms with Gasteiger partial charge >= 0.3 is 19.8 Å². The van der Waals surface area contributed by atoms with E-state index >= 15 is 0 Å². The van der Waals surface area contributed by atoms with Crippen LogP contribution in [0.5, 0.6) is 0 Å². The topological polar surface area (TPSA) is 230 Å². The van der Waals surface area contributed by atoms with Gasteiger partial charge in [-0.25, -0.2) is 4.57 Å². The Balaban J connectivity index is 2.58. The molecule has 1 aliphatic carbocycles. The van der Waals surface area contributed by atoms with Crippen LogP contribution in [0, 0.1) is 0 Å². The maximum absolute atomic E-state index is 12.8. The first-order valence-corrected chi connectivity index (χ1v) is 24.6. The van der Waals surface area contributed by atoms with Gasteiger partial charge in [0.15, 0.2) is 6.10 Å². The van der Waals surface area contributed by atoms with Gasteiger partial charge in [-0.15, -0.1) is 0 Å². The molecule has 0 saturated heterocycles. The van der Waals surface area contributed by atoms with Crippen LogP contribution in [0.4, 0.5) is 0 Å². The highest BCUT2D eigenvalue weighted by Gasteiger charge is 2.51. The standard InChI is InChI=1S/C51H77O14P/c1-3-5-7-8-9-10-11-12-13-14-15-16-17-18-22-25-28-31-34-38-44(53)62-40-43(41-63-66(60,61)65-51-49(58)47(56)46(55)48(57)50(51)59)64-45(54)39-35-32-29-26-23-20-19-21-24-27-30-33-37-42(52)36-6-4-2/h5-7,9-10,12-13,15-16,18-20,22,24,26-31,33,36,42-43,46-52,55-59H,3-4,8,11,14,17,21,23,25,32,34-35,37-41H2,1-2H3,(H,60,61)/b7-5-,10-9-,13-12-,16-15-,20-19-,22-18-,27-24-,29-26-,31-28-,33-30+,36-6-/t42?,43-,46?,47-,48+,49-,50-,51?/m1/s1. The highest BCUT2D eigenvalue weighted by Crippen LogP contribution is 2.47. The van der Waals surface area contributed by atoms with E-state index in [-0.39, 0.29) is 12.8 Å². The third-order valence-electron chi connectivity index (χ3n) is 9.58. The van der Waals surface area contributed by atoms with Crippen molar-refractivity contribution in [3.05, 3.63) is 134 Å². The molecule has 370 valence electrons. The molecule has 0 aromatic rings. The van der Waals surface area contributed by atoms with Gasteiger partial charge in [0.05, 0.1) is 12.7 Å². The lowest BCUT2D eigenvalue weighted by atomic mass is 9.85. The Bertz CT molecular complexity index is 1670. The number of ether oxygens (including phenoxy) is 2. The summed E-state index contributed by atoms with van der Waals surface area (Å²) in [5.41, 5.74) is 0. The lowest BCUT2D eigenvalue weighted by Crippen LogP contribution is -2.64. The predicted octanol–water partition coefficient (Wildman–Crippen LogP) is 8.13. The summed E-state index contributed by atoms with van der Waals surface area (Å²) in [6.45, 7) is 2.81. The second-order valence-corrected chi connectivity index (χ2v) is 16.7. The minimum Gasteiger partial charge on any atom is -0.462 e. The van der Waals surface area contributed by atoms with Gasteiger partial charge in [-0.3, -0.25) is 18.6 Å². The Labute approximate surface area is 392 Å². The first kappa shape index (κ1) is 60.0. The number of unbranched alkanes of at least 4 members (excludes halogenated alkanes) is 1. The second kappa shape index (κ2) is 39.0. The van der Waals surface area contributed by atoms with Crippen molar-refractivity contribution in [3.63, 3.8) is 0 Å². The van der Waals surface area contributed by atoms with Crippen LogP contribution in [-0.2, 0) is 32.7 Å². The fourth-order valence-corrected chi connectivity index (χ4v) is 6.87. The molecule has 1 rings (SSSR count). The van der Waals surface area contributed by atoms with Gasteiger partial charge in [0.25, 0.3) is 0 Å². The average molecular weight is 945 g/mol. The minimum atomic E-state index is -5.17. The van der Waals surface area contributed by atoms with E-state index < -0.39 is 81.8 Å². The van der Waals surface area contributed by atoms with Crippen molar-refractivity contribution < 1.29 is 68.2 Å². The molecular formula is C51H77O14P. The molecule has 0 heterocycles. The fraction of sp³-hybridized carbons (Fsp3) is 0.529. The van der Waals surface area contributed by atoms with Gasteiger partial charge in [0.2, 0.25) is 0 Å². The van der Waals surface area contributed by atoms with Crippen LogP contribution in [0.1, 0.15) is 110 Å². The first-order chi connectivity index (χ1) is 31.8. The maximum Gasteiger partial charge on any atom is 0.472 e. The van der Waals surface area contributed by atoms with Crippen molar-refractivity contribution in [3.8, 4) is 0 Å². The normalized spacial score (nSPS) is 23.0. The zero-order valence-electron chi connectivity index (χ0n) is 38.8. The molecule has 14 nitrogen and oxygen atoms in total. The van der Waals surface area contributed by atoms with E-state index in [0.717, 1.165) is 44.9 Å². The van der Waals surface area contributed by atoms with Crippen molar-refractivity contribution in [2.24, 2.45) is 0 Å². The molecule has 0 amide bonds. The average Bonchev–Trinajstić information content (AvgIpc) is 3.30. The molecule has 7 N–H and O–H groups in total. The van der Waals surface area contributed by atoms with Crippen LogP contribution < -0.4 is 0 Å². The van der Waals surface area contributed by atoms with E-state index in [1.165, 1.54) is 0 Å². The van der Waals surface area contributed by atoms with Crippen molar-refractivity contribution in [1.29, 1.82) is 0 Å². The molecule has 1 aliphatic rings. The molecule has 1 saturated carbocycles. The van der Waals surface area contributed by atoms with Crippen LogP contribution in [0.2, 0.25) is 0 Å². The van der Waals surface area contributed by atoms with E-state index in [1.54, 1.807) is 6.08 Å². The largest absolute Gasteiger partial charge is 0.472 e. The lowest BCUT2D eigenvalue weighted by Gasteiger charge is -2.41. The molecule has 0 aromatic heterocycles. The summed E-state index contributed by atoms with van der Waals surface area (Å²) >= 11 is 0. The monoisotopic (exact) mass is 945 g/mol. The lowest BCUT2D eigenvalue weighted by molar-refractivity contribution is -0.220. The highest BCUT2D eigenvalue weighted by molar-refractivity contribution is 7.47. The molecule has 9 atom stereocenters. The van der Waals surface area contributed by atoms with Crippen molar-refractivity contribution in [2.45, 2.75) is 159 Å². The van der Waals surface area contributed by atoms with Crippen molar-refractivity contribution in [2.75, 3.05) is 13.2 Å². The summed E-state index contributed by atoms with van der Waals surface area (Å²) < 4.78 is 33.4. The first-order valence-electron chi connectivity index (χ1n) is 23.1. The van der Waals surface area contributed by atoms with Crippen LogP contribution in [0.15, 0.2) is 134 Å². The number of carbonyl (C=O) groups excluding carboxylic acids is 2. The Morgan fingerprint density at radius 3 is 1.53 bits per heavy atom. The van der Waals surface area contributed by atoms with Crippen LogP contribution in [0.3, 0.4) is 0 Å². The third-order valence-corrected chi connectivity index (χ3v) is 10.6.